The summed E-state index contributed by atoms with van der Waals surface area (Å²) in [7, 11) is -3.54. The lowest BCUT2D eigenvalue weighted by Gasteiger charge is -2.61. The number of hydrogen-bond donors (Lipinski definition) is 0. The van der Waals surface area contributed by atoms with Crippen molar-refractivity contribution in [2.45, 2.75) is 158 Å². The predicted octanol–water partition coefficient (Wildman–Crippen LogP) is 7.99. The highest BCUT2D eigenvalue weighted by molar-refractivity contribution is 7.91. The summed E-state index contributed by atoms with van der Waals surface area (Å²) in [6.45, 7) is 14.0. The first kappa shape index (κ1) is 35.6. The van der Waals surface area contributed by atoms with Crippen LogP contribution in [0.5, 0.6) is 0 Å². The highest BCUT2D eigenvalue weighted by Gasteiger charge is 2.69. The Morgan fingerprint density at radius 1 is 0.627 bits per heavy atom. The maximum atomic E-state index is 14.2. The fraction of sp³-hybridized carbons (Fsp3) is 0.857. The molecule has 18 atom stereocenters. The summed E-state index contributed by atoms with van der Waals surface area (Å²) in [6.07, 6.45) is 9.93. The first-order valence-corrected chi connectivity index (χ1v) is 22.3. The Morgan fingerprint density at radius 2 is 1.10 bits per heavy atom. The van der Waals surface area contributed by atoms with Crippen molar-refractivity contribution in [1.29, 1.82) is 0 Å². The van der Waals surface area contributed by atoms with E-state index in [1.54, 1.807) is 12.1 Å². The van der Waals surface area contributed by atoms with Gasteiger partial charge >= 0.3 is 0 Å². The summed E-state index contributed by atoms with van der Waals surface area (Å²) in [4.78, 5) is 25.9. The van der Waals surface area contributed by atoms with Crippen LogP contribution in [0.4, 0.5) is 0 Å². The second-order valence-electron chi connectivity index (χ2n) is 19.1. The van der Waals surface area contributed by atoms with Gasteiger partial charge in [-0.15, -0.1) is 0 Å². The lowest BCUT2D eigenvalue weighted by Crippen LogP contribution is -2.68. The van der Waals surface area contributed by atoms with Gasteiger partial charge in [0.05, 0.1) is 47.3 Å². The molecule has 0 amide bonds. The number of sulfone groups is 1. The van der Waals surface area contributed by atoms with Gasteiger partial charge in [-0.05, 0) is 141 Å². The van der Waals surface area contributed by atoms with E-state index in [1.165, 1.54) is 12.8 Å². The van der Waals surface area contributed by atoms with Crippen molar-refractivity contribution >= 4 is 9.84 Å². The maximum Gasteiger partial charge on any atom is 0.178 e. The molecule has 6 saturated heterocycles. The molecule has 0 radical (unpaired) electrons. The van der Waals surface area contributed by atoms with Gasteiger partial charge in [-0.2, -0.15) is 0 Å². The van der Waals surface area contributed by atoms with Crippen LogP contribution in [-0.4, -0.2) is 62.0 Å². The summed E-state index contributed by atoms with van der Waals surface area (Å²) in [5, 5.41) is 0. The Hall–Kier alpha value is -1.07. The van der Waals surface area contributed by atoms with Crippen molar-refractivity contribution in [2.75, 3.05) is 5.75 Å². The summed E-state index contributed by atoms with van der Waals surface area (Å²) in [5.74, 6) is 3.77. The predicted molar refractivity (Wildman–Crippen MR) is 192 cm³/mol. The van der Waals surface area contributed by atoms with E-state index in [-0.39, 0.29) is 60.1 Å². The second-order valence-corrected chi connectivity index (χ2v) is 21.1. The molecule has 51 heavy (non-hydrogen) atoms. The quantitative estimate of drug-likeness (QED) is 0.262. The molecule has 1 aromatic carbocycles. The van der Waals surface area contributed by atoms with Crippen LogP contribution in [0, 0.1) is 65.1 Å². The van der Waals surface area contributed by atoms with Crippen LogP contribution < -0.4 is 0 Å². The van der Waals surface area contributed by atoms with Crippen molar-refractivity contribution < 1.29 is 37.4 Å². The molecule has 11 rings (SSSR count). The zero-order valence-corrected chi connectivity index (χ0v) is 32.5. The Balaban J connectivity index is 1.03. The molecule has 4 aliphatic carbocycles. The minimum absolute atomic E-state index is 0.0452. The normalized spacial score (nSPS) is 52.3. The second kappa shape index (κ2) is 13.0. The van der Waals surface area contributed by atoms with E-state index in [1.807, 2.05) is 18.2 Å². The molecule has 0 N–H and O–H groups in total. The van der Waals surface area contributed by atoms with Crippen LogP contribution in [0.3, 0.4) is 0 Å². The first-order chi connectivity index (χ1) is 24.4. The smallest absolute Gasteiger partial charge is 0.178 e. The fourth-order valence-corrected chi connectivity index (χ4v) is 15.2. The summed E-state index contributed by atoms with van der Waals surface area (Å²) >= 11 is 0. The fourth-order valence-electron chi connectivity index (χ4n) is 13.5. The maximum absolute atomic E-state index is 14.2. The van der Waals surface area contributed by atoms with Gasteiger partial charge in [0.1, 0.15) is 11.2 Å². The van der Waals surface area contributed by atoms with E-state index < -0.39 is 21.0 Å². The van der Waals surface area contributed by atoms with Gasteiger partial charge in [0.25, 0.3) is 0 Å². The minimum atomic E-state index is -3.54. The molecule has 0 unspecified atom stereocenters. The lowest BCUT2D eigenvalue weighted by atomic mass is 9.55. The van der Waals surface area contributed by atoms with Crippen molar-refractivity contribution in [3.8, 4) is 0 Å². The standard InChI is InChI=1S/C42H62O8S/c1-23-12-14-31-27(5)37(45-39-16-25(3)35-20-33(23)41(31,39)49-47-35)18-29(22-51(43,44)30-10-8-7-9-11-30)19-38-28(6)32-15-13-24(2)34-21-36-26(4)17-40(46-38)42(32,34)50-48-36/h7-11,23-29,31-40H,12-22H2,1-6H3/t23-,24-,25-,26-,27-,28-,31+,32+,33+,34+,35+,36+,37-,38-,39-,40-,41+,42+/m1/s1. The monoisotopic (exact) mass is 726 g/mol. The molecule has 0 aromatic heterocycles. The third-order valence-corrected chi connectivity index (χ3v) is 18.3. The number of rotatable bonds is 7. The third-order valence-electron chi connectivity index (χ3n) is 16.4. The van der Waals surface area contributed by atoms with Crippen LogP contribution >= 0.6 is 0 Å². The average molecular weight is 727 g/mol. The number of hydrogen-bond acceptors (Lipinski definition) is 8. The molecule has 284 valence electrons. The van der Waals surface area contributed by atoms with Crippen LogP contribution in [0.1, 0.15) is 106 Å². The Kier molecular flexibility index (Phi) is 9.09. The topological polar surface area (TPSA) is 89.5 Å². The molecule has 6 heterocycles. The first-order valence-electron chi connectivity index (χ1n) is 20.7. The van der Waals surface area contributed by atoms with E-state index >= 15 is 0 Å². The van der Waals surface area contributed by atoms with Gasteiger partial charge in [0, 0.05) is 0 Å². The Labute approximate surface area is 306 Å². The lowest BCUT2D eigenvalue weighted by molar-refractivity contribution is -0.466. The van der Waals surface area contributed by atoms with Gasteiger partial charge in [-0.3, -0.25) is 0 Å². The molecule has 9 heteroatoms. The highest BCUT2D eigenvalue weighted by Crippen LogP contribution is 2.63. The molecular formula is C42H62O8S. The van der Waals surface area contributed by atoms with Crippen LogP contribution in [0.2, 0.25) is 0 Å². The third kappa shape index (κ3) is 5.50. The molecule has 4 bridgehead atoms. The zero-order valence-electron chi connectivity index (χ0n) is 31.7. The van der Waals surface area contributed by atoms with Crippen molar-refractivity contribution in [1.82, 2.24) is 0 Å². The van der Waals surface area contributed by atoms with Crippen molar-refractivity contribution in [2.24, 2.45) is 65.1 Å². The minimum Gasteiger partial charge on any atom is -0.372 e. The molecule has 2 spiro atoms. The molecule has 10 fully saturated rings. The Bertz CT molecular complexity index is 1460. The van der Waals surface area contributed by atoms with Crippen LogP contribution in [0.15, 0.2) is 35.2 Å². The van der Waals surface area contributed by atoms with E-state index in [0.29, 0.717) is 65.1 Å². The molecule has 1 aromatic rings. The van der Waals surface area contributed by atoms with Gasteiger partial charge in [0.2, 0.25) is 0 Å². The molecule has 6 aliphatic heterocycles. The van der Waals surface area contributed by atoms with Gasteiger partial charge in [0.15, 0.2) is 9.84 Å². The Morgan fingerprint density at radius 3 is 1.57 bits per heavy atom. The number of benzene rings is 1. The van der Waals surface area contributed by atoms with Crippen LogP contribution in [0.25, 0.3) is 0 Å². The highest BCUT2D eigenvalue weighted by atomic mass is 32.2. The molecule has 10 aliphatic rings. The summed E-state index contributed by atoms with van der Waals surface area (Å²) < 4.78 is 42.9. The van der Waals surface area contributed by atoms with E-state index in [2.05, 4.69) is 41.5 Å². The number of ether oxygens (including phenoxy) is 2. The van der Waals surface area contributed by atoms with E-state index in [0.717, 1.165) is 38.5 Å². The summed E-state index contributed by atoms with van der Waals surface area (Å²) in [6, 6.07) is 9.03. The number of fused-ring (bicyclic) bond motifs is 4. The largest absolute Gasteiger partial charge is 0.372 e. The van der Waals surface area contributed by atoms with Crippen molar-refractivity contribution in [3.63, 3.8) is 0 Å². The van der Waals surface area contributed by atoms with E-state index in [9.17, 15) is 8.42 Å². The van der Waals surface area contributed by atoms with Crippen molar-refractivity contribution in [3.05, 3.63) is 30.3 Å². The van der Waals surface area contributed by atoms with Crippen LogP contribution in [-0.2, 0) is 38.9 Å². The SMILES string of the molecule is C[C@H]1[C@@H](CC(C[C@H]2O[C@@H]3C[C@@H](C)[C@@H]4C[C@H]5[C@H](C)CC[C@@H]([C@H]2C)[C@@]35OO4)CS(=O)(=O)c2ccccc2)O[C@@H]2C[C@@H](C)[C@@H]3C[C@H]4[C@H](C)CC[C@@H]1[C@@]24OO3. The van der Waals surface area contributed by atoms with Gasteiger partial charge in [-0.1, -0.05) is 59.7 Å². The molecular weight excluding hydrogens is 665 g/mol. The average Bonchev–Trinajstić information content (AvgIpc) is 3.45. The van der Waals surface area contributed by atoms with E-state index in [4.69, 9.17) is 29.0 Å². The van der Waals surface area contributed by atoms with Gasteiger partial charge < -0.3 is 9.47 Å². The van der Waals surface area contributed by atoms with Gasteiger partial charge in [-0.25, -0.2) is 28.0 Å². The molecule has 4 saturated carbocycles. The summed E-state index contributed by atoms with van der Waals surface area (Å²) in [5.41, 5.74) is -0.830. The molecule has 8 nitrogen and oxygen atoms in total. The zero-order chi connectivity index (χ0) is 35.4.